The van der Waals surface area contributed by atoms with Crippen LogP contribution in [0.3, 0.4) is 0 Å². The maximum Gasteiger partial charge on any atom is 0.220 e. The first-order chi connectivity index (χ1) is 8.93. The van der Waals surface area contributed by atoms with E-state index in [4.69, 9.17) is 10.5 Å². The number of methoxy groups -OCH3 is 1. The van der Waals surface area contributed by atoms with Gasteiger partial charge in [-0.1, -0.05) is 0 Å². The Morgan fingerprint density at radius 1 is 1.45 bits per heavy atom. The van der Waals surface area contributed by atoms with Crippen LogP contribution in [0.25, 0.3) is 0 Å². The summed E-state index contributed by atoms with van der Waals surface area (Å²) >= 11 is 0. The highest BCUT2D eigenvalue weighted by molar-refractivity contribution is 5.85. The van der Waals surface area contributed by atoms with Gasteiger partial charge in [0.2, 0.25) is 5.91 Å². The zero-order valence-corrected chi connectivity index (χ0v) is 12.8. The third kappa shape index (κ3) is 5.75. The molecule has 0 aliphatic rings. The third-order valence-electron chi connectivity index (χ3n) is 2.86. The lowest BCUT2D eigenvalue weighted by molar-refractivity contribution is -0.121. The van der Waals surface area contributed by atoms with Crippen LogP contribution in [-0.4, -0.2) is 19.1 Å². The molecule has 0 saturated heterocycles. The van der Waals surface area contributed by atoms with E-state index in [1.807, 2.05) is 6.92 Å². The van der Waals surface area contributed by atoms with Gasteiger partial charge < -0.3 is 15.8 Å². The standard InChI is InChI=1S/C14H21FN2O2.ClH/c1-9(16)4-7-14(18)17-10(2)12-8-11(15)5-6-13(12)19-3;/h5-6,8-10H,4,7,16H2,1-3H3,(H,17,18);1H. The number of ether oxygens (including phenoxy) is 1. The number of nitrogens with one attached hydrogen (secondary N) is 1. The van der Waals surface area contributed by atoms with E-state index in [0.29, 0.717) is 24.2 Å². The van der Waals surface area contributed by atoms with Crippen molar-refractivity contribution in [2.45, 2.75) is 38.8 Å². The molecule has 0 aliphatic carbocycles. The number of hydrogen-bond acceptors (Lipinski definition) is 3. The zero-order chi connectivity index (χ0) is 14.4. The van der Waals surface area contributed by atoms with Crippen molar-refractivity contribution in [3.05, 3.63) is 29.6 Å². The van der Waals surface area contributed by atoms with E-state index in [2.05, 4.69) is 5.32 Å². The molecular weight excluding hydrogens is 283 g/mol. The molecule has 4 nitrogen and oxygen atoms in total. The molecular formula is C14H22ClFN2O2. The van der Waals surface area contributed by atoms with E-state index < -0.39 is 0 Å². The van der Waals surface area contributed by atoms with Crippen molar-refractivity contribution < 1.29 is 13.9 Å². The summed E-state index contributed by atoms with van der Waals surface area (Å²) < 4.78 is 18.4. The fourth-order valence-corrected chi connectivity index (χ4v) is 1.79. The molecule has 3 N–H and O–H groups in total. The lowest BCUT2D eigenvalue weighted by atomic mass is 10.1. The van der Waals surface area contributed by atoms with Gasteiger partial charge in [0.25, 0.3) is 0 Å². The lowest BCUT2D eigenvalue weighted by Crippen LogP contribution is -2.28. The number of hydrogen-bond donors (Lipinski definition) is 2. The number of benzene rings is 1. The number of carbonyl (C=O) groups excluding carboxylic acids is 1. The van der Waals surface area contributed by atoms with Crippen molar-refractivity contribution in [1.29, 1.82) is 0 Å². The topological polar surface area (TPSA) is 64.3 Å². The largest absolute Gasteiger partial charge is 0.496 e. The Hall–Kier alpha value is -1.33. The molecule has 1 rings (SSSR count). The molecule has 2 atom stereocenters. The summed E-state index contributed by atoms with van der Waals surface area (Å²) in [4.78, 5) is 11.7. The maximum atomic E-state index is 13.3. The molecule has 0 spiro atoms. The molecule has 0 aromatic heterocycles. The molecule has 0 bridgehead atoms. The lowest BCUT2D eigenvalue weighted by Gasteiger charge is -2.17. The normalized spacial score (nSPS) is 13.1. The number of amides is 1. The molecule has 1 amide bonds. The summed E-state index contributed by atoms with van der Waals surface area (Å²) in [6, 6.07) is 3.92. The van der Waals surface area contributed by atoms with Crippen LogP contribution in [0.2, 0.25) is 0 Å². The number of nitrogens with two attached hydrogens (primary N) is 1. The molecule has 20 heavy (non-hydrogen) atoms. The summed E-state index contributed by atoms with van der Waals surface area (Å²) in [6.45, 7) is 3.65. The number of carbonyl (C=O) groups is 1. The van der Waals surface area contributed by atoms with E-state index in [9.17, 15) is 9.18 Å². The van der Waals surface area contributed by atoms with Crippen LogP contribution in [0.5, 0.6) is 5.75 Å². The smallest absolute Gasteiger partial charge is 0.220 e. The van der Waals surface area contributed by atoms with E-state index in [-0.39, 0.29) is 36.2 Å². The number of halogens is 2. The van der Waals surface area contributed by atoms with Crippen LogP contribution in [0.4, 0.5) is 4.39 Å². The first kappa shape index (κ1) is 18.7. The van der Waals surface area contributed by atoms with Crippen LogP contribution in [0, 0.1) is 5.82 Å². The molecule has 1 aromatic rings. The van der Waals surface area contributed by atoms with Crippen LogP contribution >= 0.6 is 12.4 Å². The van der Waals surface area contributed by atoms with Gasteiger partial charge in [-0.15, -0.1) is 12.4 Å². The predicted octanol–water partition coefficient (Wildman–Crippen LogP) is 2.56. The summed E-state index contributed by atoms with van der Waals surface area (Å²) in [5, 5.41) is 2.81. The summed E-state index contributed by atoms with van der Waals surface area (Å²) in [5.74, 6) is 0.102. The van der Waals surface area contributed by atoms with Gasteiger partial charge in [-0.2, -0.15) is 0 Å². The highest BCUT2D eigenvalue weighted by atomic mass is 35.5. The van der Waals surface area contributed by atoms with Crippen LogP contribution in [-0.2, 0) is 4.79 Å². The molecule has 6 heteroatoms. The van der Waals surface area contributed by atoms with Gasteiger partial charge in [-0.05, 0) is 38.5 Å². The monoisotopic (exact) mass is 304 g/mol. The van der Waals surface area contributed by atoms with Crippen molar-refractivity contribution in [3.8, 4) is 5.75 Å². The molecule has 114 valence electrons. The van der Waals surface area contributed by atoms with Gasteiger partial charge in [0.1, 0.15) is 11.6 Å². The highest BCUT2D eigenvalue weighted by Gasteiger charge is 2.15. The van der Waals surface area contributed by atoms with Crippen LogP contribution < -0.4 is 15.8 Å². The van der Waals surface area contributed by atoms with Gasteiger partial charge in [0.15, 0.2) is 0 Å². The van der Waals surface area contributed by atoms with Crippen molar-refractivity contribution in [1.82, 2.24) is 5.32 Å². The van der Waals surface area contributed by atoms with Gasteiger partial charge in [-0.3, -0.25) is 4.79 Å². The van der Waals surface area contributed by atoms with E-state index >= 15 is 0 Å². The molecule has 1 aromatic carbocycles. The Bertz CT molecular complexity index is 441. The van der Waals surface area contributed by atoms with Gasteiger partial charge in [0, 0.05) is 18.0 Å². The number of rotatable bonds is 6. The van der Waals surface area contributed by atoms with Crippen molar-refractivity contribution >= 4 is 18.3 Å². The molecule has 0 heterocycles. The quantitative estimate of drug-likeness (QED) is 0.849. The first-order valence-corrected chi connectivity index (χ1v) is 6.32. The molecule has 0 fully saturated rings. The molecule has 0 saturated carbocycles. The Morgan fingerprint density at radius 2 is 2.10 bits per heavy atom. The summed E-state index contributed by atoms with van der Waals surface area (Å²) in [6.07, 6.45) is 0.985. The first-order valence-electron chi connectivity index (χ1n) is 6.32. The Balaban J connectivity index is 0.00000361. The summed E-state index contributed by atoms with van der Waals surface area (Å²) in [7, 11) is 1.52. The third-order valence-corrected chi connectivity index (χ3v) is 2.86. The fourth-order valence-electron chi connectivity index (χ4n) is 1.79. The fraction of sp³-hybridized carbons (Fsp3) is 0.500. The minimum absolute atomic E-state index is 0. The SMILES string of the molecule is COc1ccc(F)cc1C(C)NC(=O)CCC(C)N.Cl. The van der Waals surface area contributed by atoms with Crippen molar-refractivity contribution in [2.75, 3.05) is 7.11 Å². The van der Waals surface area contributed by atoms with E-state index in [1.54, 1.807) is 13.0 Å². The minimum atomic E-state index is -0.354. The average Bonchev–Trinajstić information content (AvgIpc) is 2.36. The Morgan fingerprint density at radius 3 is 2.65 bits per heavy atom. The Labute approximate surface area is 125 Å². The molecule has 0 aliphatic heterocycles. The molecule has 0 radical (unpaired) electrons. The van der Waals surface area contributed by atoms with Crippen molar-refractivity contribution in [3.63, 3.8) is 0 Å². The van der Waals surface area contributed by atoms with E-state index in [1.165, 1.54) is 19.2 Å². The second-order valence-corrected chi connectivity index (χ2v) is 4.69. The van der Waals surface area contributed by atoms with Gasteiger partial charge >= 0.3 is 0 Å². The average molecular weight is 305 g/mol. The van der Waals surface area contributed by atoms with E-state index in [0.717, 1.165) is 0 Å². The molecule has 2 unspecified atom stereocenters. The van der Waals surface area contributed by atoms with Gasteiger partial charge in [-0.25, -0.2) is 4.39 Å². The van der Waals surface area contributed by atoms with Gasteiger partial charge in [0.05, 0.1) is 13.2 Å². The predicted molar refractivity (Wildman–Crippen MR) is 79.6 cm³/mol. The van der Waals surface area contributed by atoms with Crippen molar-refractivity contribution in [2.24, 2.45) is 5.73 Å². The zero-order valence-electron chi connectivity index (χ0n) is 12.0. The second-order valence-electron chi connectivity index (χ2n) is 4.69. The minimum Gasteiger partial charge on any atom is -0.496 e. The Kier molecular flexibility index (Phi) is 8.18. The van der Waals surface area contributed by atoms with Crippen LogP contribution in [0.1, 0.15) is 38.3 Å². The maximum absolute atomic E-state index is 13.3. The second kappa shape index (κ2) is 8.76. The summed E-state index contributed by atoms with van der Waals surface area (Å²) in [5.41, 5.74) is 6.22. The van der Waals surface area contributed by atoms with Crippen LogP contribution in [0.15, 0.2) is 18.2 Å². The highest BCUT2D eigenvalue weighted by Crippen LogP contribution is 2.25.